The molecule has 0 fully saturated rings. The van der Waals surface area contributed by atoms with Crippen molar-refractivity contribution in [2.24, 2.45) is 0 Å². The Hall–Kier alpha value is -1.13. The van der Waals surface area contributed by atoms with Gasteiger partial charge in [-0.2, -0.15) is 5.10 Å². The van der Waals surface area contributed by atoms with Gasteiger partial charge in [-0.25, -0.2) is 4.68 Å². The largest absolute Gasteiger partial charge is 0.396 e. The molecular weight excluding hydrogens is 268 g/mol. The number of halogens is 1. The van der Waals surface area contributed by atoms with Gasteiger partial charge in [-0.3, -0.25) is 0 Å². The zero-order valence-corrected chi connectivity index (χ0v) is 10.6. The van der Waals surface area contributed by atoms with Crippen molar-refractivity contribution in [2.75, 3.05) is 6.61 Å². The Balaban J connectivity index is 2.30. The SMILES string of the molecule is CC(CO)c1ccc(-n2nccc2Br)cc1. The fraction of sp³-hybridized carbons (Fsp3) is 0.250. The first-order valence-corrected chi connectivity index (χ1v) is 5.92. The summed E-state index contributed by atoms with van der Waals surface area (Å²) in [5, 5.41) is 13.3. The van der Waals surface area contributed by atoms with Crippen LogP contribution in [-0.2, 0) is 0 Å². The van der Waals surface area contributed by atoms with E-state index in [9.17, 15) is 0 Å². The number of aliphatic hydroxyl groups excluding tert-OH is 1. The topological polar surface area (TPSA) is 38.0 Å². The van der Waals surface area contributed by atoms with Gasteiger partial charge in [0.05, 0.1) is 11.9 Å². The van der Waals surface area contributed by atoms with Crippen LogP contribution >= 0.6 is 15.9 Å². The fourth-order valence-electron chi connectivity index (χ4n) is 1.53. The van der Waals surface area contributed by atoms with E-state index in [4.69, 9.17) is 5.11 Å². The van der Waals surface area contributed by atoms with Gasteiger partial charge in [0, 0.05) is 12.5 Å². The van der Waals surface area contributed by atoms with E-state index in [0.717, 1.165) is 15.9 Å². The van der Waals surface area contributed by atoms with E-state index in [1.54, 1.807) is 6.20 Å². The Kier molecular flexibility index (Phi) is 3.41. The van der Waals surface area contributed by atoms with Crippen LogP contribution in [0.2, 0.25) is 0 Å². The molecule has 1 unspecified atom stereocenters. The molecule has 2 rings (SSSR count). The number of aliphatic hydroxyl groups is 1. The summed E-state index contributed by atoms with van der Waals surface area (Å²) >= 11 is 3.42. The van der Waals surface area contributed by atoms with Gasteiger partial charge in [0.15, 0.2) is 0 Å². The van der Waals surface area contributed by atoms with E-state index in [0.29, 0.717) is 0 Å². The summed E-state index contributed by atoms with van der Waals surface area (Å²) in [6.45, 7) is 2.17. The number of aromatic nitrogens is 2. The van der Waals surface area contributed by atoms with E-state index < -0.39 is 0 Å². The van der Waals surface area contributed by atoms with Crippen molar-refractivity contribution in [3.8, 4) is 5.69 Å². The molecule has 0 saturated carbocycles. The average Bonchev–Trinajstić information content (AvgIpc) is 2.75. The first-order valence-electron chi connectivity index (χ1n) is 5.13. The zero-order chi connectivity index (χ0) is 11.5. The first-order chi connectivity index (χ1) is 7.72. The van der Waals surface area contributed by atoms with E-state index in [-0.39, 0.29) is 12.5 Å². The second-order valence-electron chi connectivity index (χ2n) is 3.74. The lowest BCUT2D eigenvalue weighted by Gasteiger charge is -2.09. The highest BCUT2D eigenvalue weighted by Crippen LogP contribution is 2.19. The molecule has 1 aromatic carbocycles. The van der Waals surface area contributed by atoms with Crippen LogP contribution in [0.5, 0.6) is 0 Å². The summed E-state index contributed by atoms with van der Waals surface area (Å²) in [6, 6.07) is 9.93. The second-order valence-corrected chi connectivity index (χ2v) is 4.55. The van der Waals surface area contributed by atoms with E-state index in [1.165, 1.54) is 0 Å². The van der Waals surface area contributed by atoms with Crippen LogP contribution in [0, 0.1) is 0 Å². The minimum absolute atomic E-state index is 0.171. The normalized spacial score (nSPS) is 12.7. The van der Waals surface area contributed by atoms with Crippen molar-refractivity contribution in [1.29, 1.82) is 0 Å². The van der Waals surface area contributed by atoms with Gasteiger partial charge in [0.1, 0.15) is 4.60 Å². The van der Waals surface area contributed by atoms with Crippen LogP contribution in [0.3, 0.4) is 0 Å². The molecule has 0 amide bonds. The molecule has 3 nitrogen and oxygen atoms in total. The minimum Gasteiger partial charge on any atom is -0.396 e. The Morgan fingerprint density at radius 2 is 2.00 bits per heavy atom. The molecular formula is C12H13BrN2O. The Labute approximate surface area is 103 Å². The van der Waals surface area contributed by atoms with E-state index in [2.05, 4.69) is 21.0 Å². The summed E-state index contributed by atoms with van der Waals surface area (Å²) in [5.41, 5.74) is 2.14. The van der Waals surface area contributed by atoms with E-state index >= 15 is 0 Å². The highest BCUT2D eigenvalue weighted by atomic mass is 79.9. The predicted molar refractivity (Wildman–Crippen MR) is 66.8 cm³/mol. The quantitative estimate of drug-likeness (QED) is 0.939. The number of rotatable bonds is 3. The third kappa shape index (κ3) is 2.18. The maximum absolute atomic E-state index is 9.06. The standard InChI is InChI=1S/C12H13BrN2O/c1-9(8-16)10-2-4-11(5-3-10)15-12(13)6-7-14-15/h2-7,9,16H,8H2,1H3. The molecule has 0 spiro atoms. The van der Waals surface area contributed by atoms with Gasteiger partial charge in [-0.1, -0.05) is 19.1 Å². The highest BCUT2D eigenvalue weighted by molar-refractivity contribution is 9.10. The number of benzene rings is 1. The van der Waals surface area contributed by atoms with Gasteiger partial charge >= 0.3 is 0 Å². The zero-order valence-electron chi connectivity index (χ0n) is 8.97. The molecule has 2 aromatic rings. The summed E-state index contributed by atoms with van der Waals surface area (Å²) in [6.07, 6.45) is 1.74. The van der Waals surface area contributed by atoms with Gasteiger partial charge in [-0.15, -0.1) is 0 Å². The first kappa shape index (κ1) is 11.4. The third-order valence-electron chi connectivity index (χ3n) is 2.58. The molecule has 4 heteroatoms. The smallest absolute Gasteiger partial charge is 0.109 e. The average molecular weight is 281 g/mol. The number of nitrogens with zero attached hydrogens (tertiary/aromatic N) is 2. The van der Waals surface area contributed by atoms with Crippen LogP contribution in [0.15, 0.2) is 41.1 Å². The van der Waals surface area contributed by atoms with Crippen LogP contribution in [0.25, 0.3) is 5.69 Å². The van der Waals surface area contributed by atoms with Crippen molar-refractivity contribution in [3.63, 3.8) is 0 Å². The van der Waals surface area contributed by atoms with Gasteiger partial charge in [0.25, 0.3) is 0 Å². The monoisotopic (exact) mass is 280 g/mol. The summed E-state index contributed by atoms with van der Waals surface area (Å²) in [5.74, 6) is 0.176. The van der Waals surface area contributed by atoms with Crippen molar-refractivity contribution in [1.82, 2.24) is 9.78 Å². The van der Waals surface area contributed by atoms with Crippen LogP contribution in [0.4, 0.5) is 0 Å². The molecule has 1 N–H and O–H groups in total. The summed E-state index contributed by atoms with van der Waals surface area (Å²) in [4.78, 5) is 0. The van der Waals surface area contributed by atoms with Crippen molar-refractivity contribution in [3.05, 3.63) is 46.7 Å². The highest BCUT2D eigenvalue weighted by Gasteiger charge is 2.05. The fourth-order valence-corrected chi connectivity index (χ4v) is 1.94. The van der Waals surface area contributed by atoms with E-state index in [1.807, 2.05) is 41.9 Å². The van der Waals surface area contributed by atoms with Crippen molar-refractivity contribution in [2.45, 2.75) is 12.8 Å². The second kappa shape index (κ2) is 4.80. The third-order valence-corrected chi connectivity index (χ3v) is 3.18. The number of hydrogen-bond donors (Lipinski definition) is 1. The van der Waals surface area contributed by atoms with Gasteiger partial charge in [0.2, 0.25) is 0 Å². The Morgan fingerprint density at radius 1 is 1.31 bits per heavy atom. The Morgan fingerprint density at radius 3 is 2.50 bits per heavy atom. The van der Waals surface area contributed by atoms with Gasteiger partial charge in [-0.05, 0) is 39.7 Å². The summed E-state index contributed by atoms with van der Waals surface area (Å²) < 4.78 is 2.74. The molecule has 0 radical (unpaired) electrons. The van der Waals surface area contributed by atoms with Crippen LogP contribution in [-0.4, -0.2) is 21.5 Å². The molecule has 1 atom stereocenters. The lowest BCUT2D eigenvalue weighted by molar-refractivity contribution is 0.273. The Bertz CT molecular complexity index is 464. The van der Waals surface area contributed by atoms with Crippen LogP contribution in [0.1, 0.15) is 18.4 Å². The van der Waals surface area contributed by atoms with Gasteiger partial charge < -0.3 is 5.11 Å². The maximum atomic E-state index is 9.06. The maximum Gasteiger partial charge on any atom is 0.109 e. The lowest BCUT2D eigenvalue weighted by atomic mass is 10.0. The van der Waals surface area contributed by atoms with Crippen LogP contribution < -0.4 is 0 Å². The molecule has 1 heterocycles. The molecule has 0 aliphatic carbocycles. The predicted octanol–water partition coefficient (Wildman–Crippen LogP) is 2.73. The molecule has 0 saturated heterocycles. The molecule has 0 aliphatic heterocycles. The number of hydrogen-bond acceptors (Lipinski definition) is 2. The minimum atomic E-state index is 0.171. The molecule has 1 aromatic heterocycles. The molecule has 0 bridgehead atoms. The lowest BCUT2D eigenvalue weighted by Crippen LogP contribution is -2.00. The van der Waals surface area contributed by atoms with Crippen molar-refractivity contribution < 1.29 is 5.11 Å². The molecule has 16 heavy (non-hydrogen) atoms. The molecule has 0 aliphatic rings. The summed E-state index contributed by atoms with van der Waals surface area (Å²) in [7, 11) is 0. The molecule has 84 valence electrons. The van der Waals surface area contributed by atoms with Crippen molar-refractivity contribution >= 4 is 15.9 Å².